The zero-order valence-corrected chi connectivity index (χ0v) is 28.8. The van der Waals surface area contributed by atoms with Crippen LogP contribution in [-0.4, -0.2) is 24.1 Å². The monoisotopic (exact) mass is 667 g/mol. The van der Waals surface area contributed by atoms with Crippen LogP contribution in [0.2, 0.25) is 0 Å². The Labute approximate surface area is 301 Å². The van der Waals surface area contributed by atoms with E-state index in [1.807, 2.05) is 18.2 Å². The van der Waals surface area contributed by atoms with Crippen molar-refractivity contribution in [3.8, 4) is 45.5 Å². The first-order valence-electron chi connectivity index (χ1n) is 17.6. The molecule has 0 unspecified atom stereocenters. The minimum Gasteiger partial charge on any atom is -0.309 e. The summed E-state index contributed by atoms with van der Waals surface area (Å²) in [5.74, 6) is 1.93. The van der Waals surface area contributed by atoms with Gasteiger partial charge >= 0.3 is 0 Å². The topological polar surface area (TPSA) is 48.5 Å². The molecule has 0 aliphatic heterocycles. The summed E-state index contributed by atoms with van der Waals surface area (Å²) in [6.45, 7) is 4.33. The predicted octanol–water partition coefficient (Wildman–Crippen LogP) is 11.7. The summed E-state index contributed by atoms with van der Waals surface area (Å²) in [6.07, 6.45) is 0. The number of fused-ring (bicyclic) bond motifs is 6. The molecule has 0 aliphatic carbocycles. The molecule has 0 atom stereocenters. The van der Waals surface area contributed by atoms with Gasteiger partial charge in [-0.05, 0) is 85.6 Å². The summed E-state index contributed by atoms with van der Waals surface area (Å²) in [4.78, 5) is 15.2. The Kier molecular flexibility index (Phi) is 6.86. The fraction of sp³-hybridized carbons (Fsp3) is 0.0426. The molecule has 246 valence electrons. The molecule has 0 spiro atoms. The van der Waals surface area contributed by atoms with Crippen molar-refractivity contribution in [2.24, 2.45) is 0 Å². The number of para-hydroxylation sites is 4. The van der Waals surface area contributed by atoms with Gasteiger partial charge in [0.2, 0.25) is 0 Å². The highest BCUT2D eigenvalue weighted by molar-refractivity contribution is 6.10. The van der Waals surface area contributed by atoms with Gasteiger partial charge in [-0.3, -0.25) is 0 Å². The molecule has 52 heavy (non-hydrogen) atoms. The molecule has 10 rings (SSSR count). The van der Waals surface area contributed by atoms with Crippen molar-refractivity contribution in [3.05, 3.63) is 175 Å². The zero-order valence-electron chi connectivity index (χ0n) is 28.8. The molecule has 0 N–H and O–H groups in total. The van der Waals surface area contributed by atoms with Crippen molar-refractivity contribution >= 4 is 43.6 Å². The van der Waals surface area contributed by atoms with E-state index >= 15 is 0 Å². The molecule has 5 heteroatoms. The Hall–Kier alpha value is -6.85. The molecular weight excluding hydrogens is 635 g/mol. The minimum atomic E-state index is 0.643. The van der Waals surface area contributed by atoms with Crippen LogP contribution in [0.15, 0.2) is 164 Å². The first-order chi connectivity index (χ1) is 25.6. The van der Waals surface area contributed by atoms with Gasteiger partial charge in [0, 0.05) is 49.6 Å². The van der Waals surface area contributed by atoms with Crippen LogP contribution in [-0.2, 0) is 0 Å². The van der Waals surface area contributed by atoms with Gasteiger partial charge in [0.05, 0.1) is 22.1 Å². The van der Waals surface area contributed by atoms with Crippen molar-refractivity contribution in [2.45, 2.75) is 13.8 Å². The molecule has 0 radical (unpaired) electrons. The van der Waals surface area contributed by atoms with E-state index in [0.29, 0.717) is 17.5 Å². The summed E-state index contributed by atoms with van der Waals surface area (Å²) in [5, 5.41) is 4.98. The maximum atomic E-state index is 5.13. The number of aryl methyl sites for hydroxylation is 2. The Bertz CT molecular complexity index is 2700. The highest BCUT2D eigenvalue weighted by atomic mass is 15.0. The first-order valence-corrected chi connectivity index (χ1v) is 17.6. The second-order valence-electron chi connectivity index (χ2n) is 13.4. The molecule has 3 aromatic heterocycles. The maximum Gasteiger partial charge on any atom is 0.164 e. The number of rotatable bonds is 5. The molecular formula is C47H33N5. The van der Waals surface area contributed by atoms with Gasteiger partial charge in [-0.25, -0.2) is 15.0 Å². The van der Waals surface area contributed by atoms with E-state index in [-0.39, 0.29) is 0 Å². The van der Waals surface area contributed by atoms with Crippen molar-refractivity contribution in [3.63, 3.8) is 0 Å². The Morgan fingerprint density at radius 1 is 0.327 bits per heavy atom. The largest absolute Gasteiger partial charge is 0.309 e. The predicted molar refractivity (Wildman–Crippen MR) is 214 cm³/mol. The zero-order chi connectivity index (χ0) is 34.8. The van der Waals surface area contributed by atoms with Crippen molar-refractivity contribution in [1.82, 2.24) is 24.1 Å². The van der Waals surface area contributed by atoms with E-state index in [9.17, 15) is 0 Å². The van der Waals surface area contributed by atoms with Crippen LogP contribution in [0.3, 0.4) is 0 Å². The Morgan fingerprint density at radius 3 is 1.02 bits per heavy atom. The second kappa shape index (κ2) is 11.9. The van der Waals surface area contributed by atoms with Gasteiger partial charge < -0.3 is 9.13 Å². The number of nitrogens with zero attached hydrogens (tertiary/aromatic N) is 5. The number of hydrogen-bond acceptors (Lipinski definition) is 3. The fourth-order valence-electron chi connectivity index (χ4n) is 7.81. The first kappa shape index (κ1) is 30.0. The van der Waals surface area contributed by atoms with Crippen LogP contribution in [0.5, 0.6) is 0 Å². The fourth-order valence-corrected chi connectivity index (χ4v) is 7.81. The van der Waals surface area contributed by atoms with E-state index < -0.39 is 0 Å². The Balaban J connectivity index is 1.11. The van der Waals surface area contributed by atoms with E-state index in [1.165, 1.54) is 43.6 Å². The molecule has 0 amide bonds. The molecule has 0 aliphatic rings. The normalized spacial score (nSPS) is 11.7. The van der Waals surface area contributed by atoms with Crippen LogP contribution in [0.25, 0.3) is 89.2 Å². The summed E-state index contributed by atoms with van der Waals surface area (Å²) < 4.78 is 4.72. The van der Waals surface area contributed by atoms with Crippen molar-refractivity contribution < 1.29 is 0 Å². The minimum absolute atomic E-state index is 0.643. The lowest BCUT2D eigenvalue weighted by molar-refractivity contribution is 1.07. The summed E-state index contributed by atoms with van der Waals surface area (Å²) in [6, 6.07) is 57.7. The SMILES string of the molecule is Cc1cc(-c2nc(-c3ccccc3)nc(-c3ccc(-n4c5ccccc5c5ccccc54)c(C)c3)n2)ccc1-n1c2ccccc2c2ccccc21. The lowest BCUT2D eigenvalue weighted by atomic mass is 10.1. The summed E-state index contributed by atoms with van der Waals surface area (Å²) in [5.41, 5.74) is 12.1. The molecule has 3 heterocycles. The quantitative estimate of drug-likeness (QED) is 0.184. The number of benzene rings is 7. The van der Waals surface area contributed by atoms with Gasteiger partial charge in [-0.2, -0.15) is 0 Å². The molecule has 0 saturated carbocycles. The van der Waals surface area contributed by atoms with E-state index in [4.69, 9.17) is 15.0 Å². The van der Waals surface area contributed by atoms with Crippen molar-refractivity contribution in [1.29, 1.82) is 0 Å². The highest BCUT2D eigenvalue weighted by Crippen LogP contribution is 2.36. The van der Waals surface area contributed by atoms with Gasteiger partial charge in [0.1, 0.15) is 0 Å². The number of hydrogen-bond donors (Lipinski definition) is 0. The number of aromatic nitrogens is 5. The molecule has 0 bridgehead atoms. The van der Waals surface area contributed by atoms with E-state index in [1.54, 1.807) is 0 Å². The van der Waals surface area contributed by atoms with Crippen molar-refractivity contribution in [2.75, 3.05) is 0 Å². The van der Waals surface area contributed by atoms with Gasteiger partial charge in [0.15, 0.2) is 17.5 Å². The average molecular weight is 668 g/mol. The third kappa shape index (κ3) is 4.74. The molecule has 0 saturated heterocycles. The smallest absolute Gasteiger partial charge is 0.164 e. The standard InChI is InChI=1S/C47H33N5/c1-30-28-33(24-26-39(30)51-41-20-10-6-16-35(41)36-17-7-11-21-42(36)51)46-48-45(32-14-4-3-5-15-32)49-47(50-46)34-25-27-40(31(2)29-34)52-43-22-12-8-18-37(43)38-19-9-13-23-44(38)52/h3-29H,1-2H3. The van der Waals surface area contributed by atoms with Gasteiger partial charge in [0.25, 0.3) is 0 Å². The Morgan fingerprint density at radius 2 is 0.654 bits per heavy atom. The third-order valence-corrected chi connectivity index (χ3v) is 10.2. The van der Waals surface area contributed by atoms with E-state index in [2.05, 4.69) is 169 Å². The van der Waals surface area contributed by atoms with E-state index in [0.717, 1.165) is 39.2 Å². The second-order valence-corrected chi connectivity index (χ2v) is 13.4. The van der Waals surface area contributed by atoms with Gasteiger partial charge in [-0.15, -0.1) is 0 Å². The lowest BCUT2D eigenvalue weighted by Crippen LogP contribution is -2.02. The van der Waals surface area contributed by atoms with Crippen LogP contribution in [0.4, 0.5) is 0 Å². The molecule has 5 nitrogen and oxygen atoms in total. The van der Waals surface area contributed by atoms with Gasteiger partial charge in [-0.1, -0.05) is 103 Å². The summed E-state index contributed by atoms with van der Waals surface area (Å²) in [7, 11) is 0. The van der Waals surface area contributed by atoms with Crippen LogP contribution < -0.4 is 0 Å². The lowest BCUT2D eigenvalue weighted by Gasteiger charge is -2.14. The molecule has 7 aromatic carbocycles. The maximum absolute atomic E-state index is 5.13. The average Bonchev–Trinajstić information content (AvgIpc) is 3.71. The van der Waals surface area contributed by atoms with Crippen LogP contribution in [0.1, 0.15) is 11.1 Å². The highest BCUT2D eigenvalue weighted by Gasteiger charge is 2.18. The van der Waals surface area contributed by atoms with Crippen LogP contribution in [0, 0.1) is 13.8 Å². The molecule has 0 fully saturated rings. The molecule has 10 aromatic rings. The third-order valence-electron chi connectivity index (χ3n) is 10.2. The summed E-state index contributed by atoms with van der Waals surface area (Å²) >= 11 is 0. The van der Waals surface area contributed by atoms with Crippen LogP contribution >= 0.6 is 0 Å².